The van der Waals surface area contributed by atoms with E-state index >= 15 is 0 Å². The number of likely N-dealkylation sites (tertiary alicyclic amines) is 1. The Morgan fingerprint density at radius 1 is 1.05 bits per heavy atom. The van der Waals surface area contributed by atoms with Gasteiger partial charge in [-0.15, -0.1) is 0 Å². The van der Waals surface area contributed by atoms with Crippen molar-refractivity contribution in [2.45, 2.75) is 25.2 Å². The lowest BCUT2D eigenvalue weighted by Gasteiger charge is -2.42. The fourth-order valence-corrected chi connectivity index (χ4v) is 2.69. The molecule has 2 aliphatic heterocycles. The summed E-state index contributed by atoms with van der Waals surface area (Å²) in [4.78, 5) is 13.5. The first-order valence-corrected chi connectivity index (χ1v) is 6.82. The molecule has 3 rings (SSSR count). The predicted molar refractivity (Wildman–Crippen MR) is 70.6 cm³/mol. The molecule has 0 radical (unpaired) electrons. The highest BCUT2D eigenvalue weighted by Gasteiger charge is 2.40. The summed E-state index contributed by atoms with van der Waals surface area (Å²) in [5.74, 6) is -0.460. The van der Waals surface area contributed by atoms with Gasteiger partial charge in [-0.05, 0) is 5.56 Å². The van der Waals surface area contributed by atoms with Crippen LogP contribution in [0, 0.1) is 0 Å². The van der Waals surface area contributed by atoms with E-state index in [4.69, 9.17) is 9.47 Å². The lowest BCUT2D eigenvalue weighted by molar-refractivity contribution is -0.271. The number of piperidine rings is 1. The number of rotatable bonds is 2. The van der Waals surface area contributed by atoms with Crippen LogP contribution in [0.1, 0.15) is 18.4 Å². The van der Waals surface area contributed by atoms with Crippen molar-refractivity contribution >= 4 is 5.78 Å². The van der Waals surface area contributed by atoms with Gasteiger partial charge < -0.3 is 9.47 Å². The van der Waals surface area contributed by atoms with E-state index in [-0.39, 0.29) is 19.0 Å². The number of nitrogens with zero attached hydrogens (tertiary/aromatic N) is 1. The van der Waals surface area contributed by atoms with Gasteiger partial charge in [0.15, 0.2) is 11.6 Å². The molecule has 0 N–H and O–H groups in total. The van der Waals surface area contributed by atoms with Crippen molar-refractivity contribution in [3.8, 4) is 0 Å². The maximum Gasteiger partial charge on any atom is 0.184 e. The molecule has 0 unspecified atom stereocenters. The minimum atomic E-state index is -0.499. The first-order valence-electron chi connectivity index (χ1n) is 6.82. The molecule has 0 atom stereocenters. The summed E-state index contributed by atoms with van der Waals surface area (Å²) in [6.07, 6.45) is 1.68. The van der Waals surface area contributed by atoms with Crippen molar-refractivity contribution in [1.29, 1.82) is 0 Å². The Morgan fingerprint density at radius 2 is 1.68 bits per heavy atom. The number of carbonyl (C=O) groups excluding carboxylic acids is 1. The highest BCUT2D eigenvalue weighted by Crippen LogP contribution is 2.30. The van der Waals surface area contributed by atoms with E-state index in [1.54, 1.807) is 0 Å². The summed E-state index contributed by atoms with van der Waals surface area (Å²) in [7, 11) is 0. The van der Waals surface area contributed by atoms with E-state index in [9.17, 15) is 4.79 Å². The Hall–Kier alpha value is -1.23. The minimum absolute atomic E-state index is 0.0392. The Kier molecular flexibility index (Phi) is 3.64. The molecule has 0 bridgehead atoms. The molecule has 1 aromatic carbocycles. The maximum atomic E-state index is 11.1. The van der Waals surface area contributed by atoms with Gasteiger partial charge in [0.2, 0.25) is 0 Å². The van der Waals surface area contributed by atoms with Crippen molar-refractivity contribution < 1.29 is 14.3 Å². The van der Waals surface area contributed by atoms with Crippen molar-refractivity contribution in [2.75, 3.05) is 26.3 Å². The molecule has 2 heterocycles. The number of carbonyl (C=O) groups is 1. The zero-order valence-electron chi connectivity index (χ0n) is 11.0. The van der Waals surface area contributed by atoms with Gasteiger partial charge in [-0.1, -0.05) is 30.3 Å². The molecule has 102 valence electrons. The normalized spacial score (nSPS) is 23.7. The second-order valence-electron chi connectivity index (χ2n) is 5.29. The second-order valence-corrected chi connectivity index (χ2v) is 5.29. The van der Waals surface area contributed by atoms with Crippen molar-refractivity contribution in [3.05, 3.63) is 35.9 Å². The summed E-state index contributed by atoms with van der Waals surface area (Å²) >= 11 is 0. The van der Waals surface area contributed by atoms with Crippen LogP contribution in [0.25, 0.3) is 0 Å². The molecule has 2 aliphatic rings. The molecule has 2 saturated heterocycles. The summed E-state index contributed by atoms with van der Waals surface area (Å²) in [5, 5.41) is 0. The number of hydrogen-bond acceptors (Lipinski definition) is 4. The number of ether oxygens (including phenoxy) is 2. The fraction of sp³-hybridized carbons (Fsp3) is 0.533. The summed E-state index contributed by atoms with van der Waals surface area (Å²) in [6, 6.07) is 10.5. The number of hydrogen-bond donors (Lipinski definition) is 0. The average Bonchev–Trinajstić information content (AvgIpc) is 2.46. The van der Waals surface area contributed by atoms with Gasteiger partial charge in [0.1, 0.15) is 13.2 Å². The zero-order chi connectivity index (χ0) is 13.1. The molecule has 1 spiro atoms. The first-order chi connectivity index (χ1) is 9.26. The Morgan fingerprint density at radius 3 is 2.32 bits per heavy atom. The Bertz CT molecular complexity index is 426. The lowest BCUT2D eigenvalue weighted by atomic mass is 10.0. The quantitative estimate of drug-likeness (QED) is 0.810. The van der Waals surface area contributed by atoms with Crippen molar-refractivity contribution in [2.24, 2.45) is 0 Å². The molecule has 0 aromatic heterocycles. The van der Waals surface area contributed by atoms with Crippen LogP contribution in [0.2, 0.25) is 0 Å². The van der Waals surface area contributed by atoms with Crippen LogP contribution in [-0.4, -0.2) is 42.8 Å². The van der Waals surface area contributed by atoms with Crippen LogP contribution in [0.5, 0.6) is 0 Å². The molecule has 2 fully saturated rings. The molecule has 1 aromatic rings. The highest BCUT2D eigenvalue weighted by molar-refractivity contribution is 5.81. The molecule has 4 nitrogen and oxygen atoms in total. The van der Waals surface area contributed by atoms with Gasteiger partial charge in [0.25, 0.3) is 0 Å². The summed E-state index contributed by atoms with van der Waals surface area (Å²) in [6.45, 7) is 3.28. The van der Waals surface area contributed by atoms with Gasteiger partial charge in [0, 0.05) is 32.5 Å². The van der Waals surface area contributed by atoms with E-state index in [1.807, 2.05) is 6.07 Å². The van der Waals surface area contributed by atoms with Crippen molar-refractivity contribution in [1.82, 2.24) is 4.90 Å². The lowest BCUT2D eigenvalue weighted by Crippen LogP contribution is -2.51. The third-order valence-electron chi connectivity index (χ3n) is 3.86. The van der Waals surface area contributed by atoms with E-state index in [0.717, 1.165) is 32.5 Å². The maximum absolute atomic E-state index is 11.1. The minimum Gasteiger partial charge on any atom is -0.342 e. The van der Waals surface area contributed by atoms with Crippen molar-refractivity contribution in [3.63, 3.8) is 0 Å². The van der Waals surface area contributed by atoms with E-state index in [0.29, 0.717) is 0 Å². The van der Waals surface area contributed by atoms with Crippen LogP contribution >= 0.6 is 0 Å². The van der Waals surface area contributed by atoms with Gasteiger partial charge in [0.05, 0.1) is 0 Å². The molecule has 0 saturated carbocycles. The van der Waals surface area contributed by atoms with Crippen LogP contribution in [0.4, 0.5) is 0 Å². The topological polar surface area (TPSA) is 38.8 Å². The highest BCUT2D eigenvalue weighted by atomic mass is 16.7. The molecular formula is C15H19NO3. The standard InChI is InChI=1S/C15H19NO3/c17-14-11-18-15(19-12-14)6-8-16(9-7-15)10-13-4-2-1-3-5-13/h1-5H,6-12H2. The molecule has 0 aliphatic carbocycles. The predicted octanol–water partition coefficient (Wildman–Crippen LogP) is 1.59. The SMILES string of the molecule is O=C1COC2(CCN(Cc3ccccc3)CC2)OC1. The number of Topliss-reactive ketones (excluding diaryl/α,β-unsaturated/α-hetero) is 1. The van der Waals surface area contributed by atoms with E-state index in [1.165, 1.54) is 5.56 Å². The third kappa shape index (κ3) is 3.03. The fourth-order valence-electron chi connectivity index (χ4n) is 2.69. The van der Waals surface area contributed by atoms with Crippen LogP contribution < -0.4 is 0 Å². The van der Waals surface area contributed by atoms with E-state index < -0.39 is 5.79 Å². The number of ketones is 1. The smallest absolute Gasteiger partial charge is 0.184 e. The largest absolute Gasteiger partial charge is 0.342 e. The first kappa shape index (κ1) is 12.8. The van der Waals surface area contributed by atoms with Gasteiger partial charge in [-0.25, -0.2) is 0 Å². The molecule has 4 heteroatoms. The van der Waals surface area contributed by atoms with Crippen LogP contribution in [-0.2, 0) is 20.8 Å². The van der Waals surface area contributed by atoms with Gasteiger partial charge in [-0.3, -0.25) is 9.69 Å². The van der Waals surface area contributed by atoms with E-state index in [2.05, 4.69) is 29.2 Å². The van der Waals surface area contributed by atoms with Crippen LogP contribution in [0.15, 0.2) is 30.3 Å². The van der Waals surface area contributed by atoms with Crippen LogP contribution in [0.3, 0.4) is 0 Å². The summed E-state index contributed by atoms with van der Waals surface area (Å²) < 4.78 is 11.2. The average molecular weight is 261 g/mol. The summed E-state index contributed by atoms with van der Waals surface area (Å²) in [5.41, 5.74) is 1.33. The second kappa shape index (κ2) is 5.41. The number of benzene rings is 1. The Balaban J connectivity index is 1.53. The third-order valence-corrected chi connectivity index (χ3v) is 3.86. The Labute approximate surface area is 113 Å². The monoisotopic (exact) mass is 261 g/mol. The van der Waals surface area contributed by atoms with Gasteiger partial charge >= 0.3 is 0 Å². The van der Waals surface area contributed by atoms with Gasteiger partial charge in [-0.2, -0.15) is 0 Å². The zero-order valence-corrected chi connectivity index (χ0v) is 11.0. The molecule has 19 heavy (non-hydrogen) atoms. The molecule has 0 amide bonds. The molecular weight excluding hydrogens is 242 g/mol.